The van der Waals surface area contributed by atoms with Gasteiger partial charge in [-0.3, -0.25) is 4.79 Å². The van der Waals surface area contributed by atoms with Crippen molar-refractivity contribution in [3.63, 3.8) is 0 Å². The van der Waals surface area contributed by atoms with Gasteiger partial charge < -0.3 is 14.5 Å². The van der Waals surface area contributed by atoms with Gasteiger partial charge in [-0.15, -0.1) is 0 Å². The minimum atomic E-state index is -0.0741. The molecule has 25 heavy (non-hydrogen) atoms. The molecule has 0 spiro atoms. The second-order valence-electron chi connectivity index (χ2n) is 5.58. The van der Waals surface area contributed by atoms with E-state index in [1.54, 1.807) is 41.6 Å². The topological polar surface area (TPSA) is 82.4 Å². The predicted molar refractivity (Wildman–Crippen MR) is 92.5 cm³/mol. The maximum atomic E-state index is 12.8. The molecule has 0 N–H and O–H groups in total. The van der Waals surface area contributed by atoms with Gasteiger partial charge in [-0.25, -0.2) is 9.97 Å². The van der Waals surface area contributed by atoms with Gasteiger partial charge in [0.05, 0.1) is 18.2 Å². The maximum Gasteiger partial charge on any atom is 0.259 e. The number of carbonyl (C=O) groups is 1. The van der Waals surface area contributed by atoms with Gasteiger partial charge in [-0.05, 0) is 31.2 Å². The Labute approximate surface area is 146 Å². The molecule has 2 aromatic rings. The Balaban J connectivity index is 1.68. The molecule has 1 amide bonds. The lowest BCUT2D eigenvalue weighted by atomic mass is 10.2. The molecule has 1 aliphatic heterocycles. The summed E-state index contributed by atoms with van der Waals surface area (Å²) >= 11 is 0. The fourth-order valence-electron chi connectivity index (χ4n) is 2.78. The standard InChI is InChI=1S/C18H19N5O2/c1-2-25-17-15(4-3-6-21-17)18(24)23-10-8-22(9-11-23)16-12-14(13-19)5-7-20-16/h3-7,12H,2,8-11H2,1H3. The molecular weight excluding hydrogens is 318 g/mol. The summed E-state index contributed by atoms with van der Waals surface area (Å²) in [6.45, 7) is 4.82. The van der Waals surface area contributed by atoms with E-state index in [0.717, 1.165) is 5.82 Å². The smallest absolute Gasteiger partial charge is 0.259 e. The number of aromatic nitrogens is 2. The van der Waals surface area contributed by atoms with Crippen LogP contribution in [-0.2, 0) is 0 Å². The van der Waals surface area contributed by atoms with E-state index < -0.39 is 0 Å². The highest BCUT2D eigenvalue weighted by molar-refractivity contribution is 5.96. The van der Waals surface area contributed by atoms with Gasteiger partial charge in [-0.1, -0.05) is 0 Å². The lowest BCUT2D eigenvalue weighted by Gasteiger charge is -2.35. The van der Waals surface area contributed by atoms with E-state index in [1.807, 2.05) is 6.92 Å². The largest absolute Gasteiger partial charge is 0.477 e. The van der Waals surface area contributed by atoms with Crippen LogP contribution in [0, 0.1) is 11.3 Å². The summed E-state index contributed by atoms with van der Waals surface area (Å²) < 4.78 is 5.46. The van der Waals surface area contributed by atoms with Crippen molar-refractivity contribution in [3.8, 4) is 11.9 Å². The van der Waals surface area contributed by atoms with Crippen LogP contribution in [0.25, 0.3) is 0 Å². The van der Waals surface area contributed by atoms with Crippen molar-refractivity contribution in [2.24, 2.45) is 0 Å². The summed E-state index contributed by atoms with van der Waals surface area (Å²) in [4.78, 5) is 25.1. The zero-order valence-corrected chi connectivity index (χ0v) is 14.1. The third-order valence-corrected chi connectivity index (χ3v) is 4.05. The second-order valence-corrected chi connectivity index (χ2v) is 5.58. The number of pyridine rings is 2. The van der Waals surface area contributed by atoms with E-state index in [-0.39, 0.29) is 5.91 Å². The SMILES string of the molecule is CCOc1ncccc1C(=O)N1CCN(c2cc(C#N)ccn2)CC1. The van der Waals surface area contributed by atoms with Crippen molar-refractivity contribution in [2.75, 3.05) is 37.7 Å². The van der Waals surface area contributed by atoms with Crippen LogP contribution in [0.1, 0.15) is 22.8 Å². The van der Waals surface area contributed by atoms with E-state index in [4.69, 9.17) is 10.00 Å². The summed E-state index contributed by atoms with van der Waals surface area (Å²) in [5, 5.41) is 9.00. The van der Waals surface area contributed by atoms with E-state index in [9.17, 15) is 4.79 Å². The van der Waals surface area contributed by atoms with Crippen LogP contribution < -0.4 is 9.64 Å². The first-order chi connectivity index (χ1) is 12.2. The molecule has 0 saturated carbocycles. The molecule has 3 rings (SSSR count). The Morgan fingerprint density at radius 1 is 1.24 bits per heavy atom. The quantitative estimate of drug-likeness (QED) is 0.845. The summed E-state index contributed by atoms with van der Waals surface area (Å²) in [6, 6.07) is 9.05. The first-order valence-corrected chi connectivity index (χ1v) is 8.21. The fraction of sp³-hybridized carbons (Fsp3) is 0.333. The van der Waals surface area contributed by atoms with E-state index in [0.29, 0.717) is 49.8 Å². The third-order valence-electron chi connectivity index (χ3n) is 4.05. The van der Waals surface area contributed by atoms with Crippen molar-refractivity contribution in [2.45, 2.75) is 6.92 Å². The van der Waals surface area contributed by atoms with Crippen molar-refractivity contribution in [3.05, 3.63) is 47.8 Å². The number of piperazine rings is 1. The van der Waals surface area contributed by atoms with Gasteiger partial charge in [0.2, 0.25) is 5.88 Å². The molecular formula is C18H19N5O2. The molecule has 128 valence electrons. The van der Waals surface area contributed by atoms with Crippen LogP contribution in [0.5, 0.6) is 5.88 Å². The van der Waals surface area contributed by atoms with Crippen LogP contribution in [0.3, 0.4) is 0 Å². The maximum absolute atomic E-state index is 12.8. The van der Waals surface area contributed by atoms with Gasteiger partial charge in [0, 0.05) is 38.6 Å². The summed E-state index contributed by atoms with van der Waals surface area (Å²) in [7, 11) is 0. The number of amides is 1. The number of anilines is 1. The lowest BCUT2D eigenvalue weighted by molar-refractivity contribution is 0.0741. The number of nitriles is 1. The molecule has 0 aliphatic carbocycles. The zero-order valence-electron chi connectivity index (χ0n) is 14.1. The molecule has 7 nitrogen and oxygen atoms in total. The molecule has 0 bridgehead atoms. The van der Waals surface area contributed by atoms with Gasteiger partial charge >= 0.3 is 0 Å². The Morgan fingerprint density at radius 3 is 2.76 bits per heavy atom. The predicted octanol–water partition coefficient (Wildman–Crippen LogP) is 1.71. The molecule has 7 heteroatoms. The van der Waals surface area contributed by atoms with Crippen molar-refractivity contribution >= 4 is 11.7 Å². The molecule has 0 aromatic carbocycles. The minimum Gasteiger partial charge on any atom is -0.477 e. The van der Waals surface area contributed by atoms with Crippen molar-refractivity contribution < 1.29 is 9.53 Å². The van der Waals surface area contributed by atoms with Gasteiger partial charge in [0.25, 0.3) is 5.91 Å². The summed E-state index contributed by atoms with van der Waals surface area (Å²) in [5.74, 6) is 1.07. The van der Waals surface area contributed by atoms with Crippen molar-refractivity contribution in [1.82, 2.24) is 14.9 Å². The number of rotatable bonds is 4. The normalized spacial score (nSPS) is 14.1. The number of ether oxygens (including phenoxy) is 1. The number of hydrogen-bond donors (Lipinski definition) is 0. The Kier molecular flexibility index (Phi) is 5.09. The molecule has 1 aliphatic rings. The van der Waals surface area contributed by atoms with Gasteiger partial charge in [-0.2, -0.15) is 5.26 Å². The van der Waals surface area contributed by atoms with E-state index in [1.165, 1.54) is 0 Å². The number of hydrogen-bond acceptors (Lipinski definition) is 6. The minimum absolute atomic E-state index is 0.0741. The molecule has 0 radical (unpaired) electrons. The second kappa shape index (κ2) is 7.62. The lowest BCUT2D eigenvalue weighted by Crippen LogP contribution is -2.49. The fourth-order valence-corrected chi connectivity index (χ4v) is 2.78. The average Bonchev–Trinajstić information content (AvgIpc) is 2.68. The number of carbonyl (C=O) groups excluding carboxylic acids is 1. The third kappa shape index (κ3) is 3.69. The summed E-state index contributed by atoms with van der Waals surface area (Å²) in [6.07, 6.45) is 3.25. The van der Waals surface area contributed by atoms with Crippen LogP contribution in [0.2, 0.25) is 0 Å². The molecule has 1 saturated heterocycles. The molecule has 0 unspecified atom stereocenters. The Morgan fingerprint density at radius 2 is 2.04 bits per heavy atom. The van der Waals surface area contributed by atoms with Gasteiger partial charge in [0.1, 0.15) is 11.4 Å². The van der Waals surface area contributed by atoms with Crippen LogP contribution >= 0.6 is 0 Å². The number of nitrogens with zero attached hydrogens (tertiary/aromatic N) is 5. The summed E-state index contributed by atoms with van der Waals surface area (Å²) in [5.41, 5.74) is 1.07. The molecule has 1 fully saturated rings. The van der Waals surface area contributed by atoms with Crippen LogP contribution in [-0.4, -0.2) is 53.6 Å². The molecule has 3 heterocycles. The monoisotopic (exact) mass is 337 g/mol. The highest BCUT2D eigenvalue weighted by Crippen LogP contribution is 2.20. The van der Waals surface area contributed by atoms with E-state index in [2.05, 4.69) is 20.9 Å². The van der Waals surface area contributed by atoms with Gasteiger partial charge in [0.15, 0.2) is 0 Å². The molecule has 2 aromatic heterocycles. The zero-order chi connectivity index (χ0) is 17.6. The van der Waals surface area contributed by atoms with Crippen LogP contribution in [0.15, 0.2) is 36.7 Å². The first-order valence-electron chi connectivity index (χ1n) is 8.21. The Hall–Kier alpha value is -3.14. The van der Waals surface area contributed by atoms with Crippen LogP contribution in [0.4, 0.5) is 5.82 Å². The van der Waals surface area contributed by atoms with E-state index >= 15 is 0 Å². The Bertz CT molecular complexity index is 794. The highest BCUT2D eigenvalue weighted by Gasteiger charge is 2.25. The first kappa shape index (κ1) is 16.7. The molecule has 0 atom stereocenters. The average molecular weight is 337 g/mol. The van der Waals surface area contributed by atoms with Crippen molar-refractivity contribution in [1.29, 1.82) is 5.26 Å². The highest BCUT2D eigenvalue weighted by atomic mass is 16.5.